The molecular weight excluding hydrogens is 887 g/mol. The molecular formula is C50H45N9O6S2. The molecule has 67 heavy (non-hydrogen) atoms. The second-order valence-corrected chi connectivity index (χ2v) is 17.8. The molecule has 8 aromatic rings. The van der Waals surface area contributed by atoms with Gasteiger partial charge in [0.2, 0.25) is 11.7 Å². The number of carbonyl (C=O) groups is 3. The number of aryl methyl sites for hydroxylation is 2. The predicted octanol–water partition coefficient (Wildman–Crippen LogP) is 8.86. The average molecular weight is 932 g/mol. The molecule has 0 bridgehead atoms. The lowest BCUT2D eigenvalue weighted by atomic mass is 9.97. The van der Waals surface area contributed by atoms with E-state index < -0.39 is 11.2 Å². The number of nitrogens with zero attached hydrogens (tertiary/aromatic N) is 7. The van der Waals surface area contributed by atoms with Crippen molar-refractivity contribution in [2.45, 2.75) is 63.9 Å². The van der Waals surface area contributed by atoms with Crippen LogP contribution in [0.4, 0.5) is 4.79 Å². The molecule has 3 N–H and O–H groups in total. The highest BCUT2D eigenvalue weighted by Gasteiger charge is 2.31. The molecule has 0 radical (unpaired) electrons. The van der Waals surface area contributed by atoms with Crippen molar-refractivity contribution < 1.29 is 29.0 Å². The van der Waals surface area contributed by atoms with Crippen molar-refractivity contribution in [3.63, 3.8) is 0 Å². The van der Waals surface area contributed by atoms with Crippen molar-refractivity contribution in [1.29, 1.82) is 0 Å². The zero-order valence-electron chi connectivity index (χ0n) is 36.6. The van der Waals surface area contributed by atoms with E-state index in [2.05, 4.69) is 55.6 Å². The SMILES string of the molecule is CCCc1nc(C(=S)Cc2ccc(Oc3ccc4nc(COc5ccc(CC6SC(=O)NC6=O)cc5)n(C)c4c3)cc2)c(CCC(=O)O)n1Cc1ccc(-c2ccccc2)c(-c2nn[nH]n2)c1. The van der Waals surface area contributed by atoms with Gasteiger partial charge in [-0.2, -0.15) is 5.21 Å². The van der Waals surface area contributed by atoms with Crippen molar-refractivity contribution in [3.05, 3.63) is 155 Å². The third kappa shape index (κ3) is 10.3. The molecule has 17 heteroatoms. The molecule has 0 spiro atoms. The first-order chi connectivity index (χ1) is 32.6. The Bertz CT molecular complexity index is 3100. The summed E-state index contributed by atoms with van der Waals surface area (Å²) in [6.07, 6.45) is 2.64. The number of H-pyrrole nitrogens is 1. The maximum atomic E-state index is 12.0. The van der Waals surface area contributed by atoms with Gasteiger partial charge >= 0.3 is 5.97 Å². The number of nitrogens with one attached hydrogen (secondary N) is 2. The Morgan fingerprint density at radius 3 is 2.30 bits per heavy atom. The number of ether oxygens (including phenoxy) is 2. The van der Waals surface area contributed by atoms with E-state index in [0.717, 1.165) is 79.9 Å². The number of benzene rings is 5. The molecule has 15 nitrogen and oxygen atoms in total. The van der Waals surface area contributed by atoms with Gasteiger partial charge in [0, 0.05) is 55.0 Å². The Morgan fingerprint density at radius 1 is 0.836 bits per heavy atom. The minimum Gasteiger partial charge on any atom is -0.486 e. The van der Waals surface area contributed by atoms with Gasteiger partial charge in [0.05, 0.1) is 28.4 Å². The second kappa shape index (κ2) is 19.9. The Morgan fingerprint density at radius 2 is 1.58 bits per heavy atom. The number of amides is 2. The number of rotatable bonds is 19. The second-order valence-electron chi connectivity index (χ2n) is 16.1. The molecule has 0 saturated carbocycles. The number of imidazole rings is 2. The number of carbonyl (C=O) groups excluding carboxylic acids is 2. The van der Waals surface area contributed by atoms with E-state index in [0.29, 0.717) is 59.4 Å². The van der Waals surface area contributed by atoms with Crippen LogP contribution in [0.2, 0.25) is 0 Å². The average Bonchev–Trinajstić information content (AvgIpc) is 4.13. The number of aliphatic carboxylic acids is 1. The van der Waals surface area contributed by atoms with Gasteiger partial charge in [0.1, 0.15) is 35.5 Å². The zero-order chi connectivity index (χ0) is 46.4. The number of hydrogen-bond acceptors (Lipinski definition) is 12. The quantitative estimate of drug-likeness (QED) is 0.0515. The highest BCUT2D eigenvalue weighted by Crippen LogP contribution is 2.33. The summed E-state index contributed by atoms with van der Waals surface area (Å²) >= 11 is 7.11. The van der Waals surface area contributed by atoms with Crippen LogP contribution < -0.4 is 14.8 Å². The Hall–Kier alpha value is -7.50. The van der Waals surface area contributed by atoms with Crippen LogP contribution in [0.25, 0.3) is 33.5 Å². The number of thioether (sulfide) groups is 1. The molecule has 5 aromatic carbocycles. The molecule has 1 atom stereocenters. The third-order valence-corrected chi connectivity index (χ3v) is 12.8. The number of tetrazole rings is 1. The van der Waals surface area contributed by atoms with E-state index in [1.165, 1.54) is 0 Å². The van der Waals surface area contributed by atoms with E-state index in [4.69, 9.17) is 31.7 Å². The smallest absolute Gasteiger partial charge is 0.303 e. The first-order valence-electron chi connectivity index (χ1n) is 21.8. The normalized spacial score (nSPS) is 13.6. The number of aromatic amines is 1. The van der Waals surface area contributed by atoms with E-state index in [9.17, 15) is 19.5 Å². The number of thiocarbonyl (C=S) groups is 1. The maximum absolute atomic E-state index is 12.0. The number of fused-ring (bicyclic) bond motifs is 1. The molecule has 3 aromatic heterocycles. The van der Waals surface area contributed by atoms with Gasteiger partial charge in [-0.05, 0) is 88.3 Å². The number of hydrogen-bond donors (Lipinski definition) is 3. The van der Waals surface area contributed by atoms with Gasteiger partial charge in [-0.25, -0.2) is 9.97 Å². The van der Waals surface area contributed by atoms with Gasteiger partial charge < -0.3 is 23.7 Å². The van der Waals surface area contributed by atoms with Crippen LogP contribution in [-0.4, -0.2) is 72.1 Å². The Balaban J connectivity index is 0.877. The molecule has 0 aliphatic carbocycles. The van der Waals surface area contributed by atoms with E-state index in [1.54, 1.807) is 0 Å². The highest BCUT2D eigenvalue weighted by molar-refractivity contribution is 8.15. The lowest BCUT2D eigenvalue weighted by molar-refractivity contribution is -0.137. The van der Waals surface area contributed by atoms with Crippen LogP contribution in [0.5, 0.6) is 17.2 Å². The van der Waals surface area contributed by atoms with Crippen LogP contribution in [-0.2, 0) is 55.5 Å². The van der Waals surface area contributed by atoms with E-state index in [1.807, 2.05) is 109 Å². The van der Waals surface area contributed by atoms with E-state index >= 15 is 0 Å². The summed E-state index contributed by atoms with van der Waals surface area (Å²) in [6, 6.07) is 37.2. The summed E-state index contributed by atoms with van der Waals surface area (Å²) in [7, 11) is 1.93. The van der Waals surface area contributed by atoms with Crippen molar-refractivity contribution in [3.8, 4) is 39.8 Å². The first kappa shape index (κ1) is 44.7. The van der Waals surface area contributed by atoms with Gasteiger partial charge in [-0.3, -0.25) is 19.7 Å². The summed E-state index contributed by atoms with van der Waals surface area (Å²) in [5.41, 5.74) is 8.83. The number of carboxylic acid groups (broad SMARTS) is 1. The number of imide groups is 1. The standard InChI is InChI=1S/C50H45N9O6S2/c1-3-7-44-52-47(40(22-23-46(60)61)59(44)28-32-14-20-37(33-8-5-4-6-9-33)38(24-32)48-54-56-57-55-48)42(66)25-30-12-17-35(18-13-30)65-36-19-21-39-41(27-36)58(2)45(51-39)29-64-34-15-10-31(11-16-34)26-43-49(62)53-50(63)67-43/h4-6,8-21,24,27,43H,3,7,22-23,25-26,28-29H2,1-2H3,(H,60,61)(H,53,62,63)(H,54,55,56,57). The highest BCUT2D eigenvalue weighted by atomic mass is 32.2. The largest absolute Gasteiger partial charge is 0.486 e. The van der Waals surface area contributed by atoms with Crippen LogP contribution in [0.3, 0.4) is 0 Å². The van der Waals surface area contributed by atoms with Crippen LogP contribution in [0, 0.1) is 0 Å². The van der Waals surface area contributed by atoms with Crippen LogP contribution in [0.1, 0.15) is 59.5 Å². The number of carboxylic acids is 1. The van der Waals surface area contributed by atoms with Crippen molar-refractivity contribution in [2.24, 2.45) is 7.05 Å². The van der Waals surface area contributed by atoms with Crippen molar-refractivity contribution in [1.82, 2.24) is 45.0 Å². The first-order valence-corrected chi connectivity index (χ1v) is 23.1. The number of aromatic nitrogens is 8. The van der Waals surface area contributed by atoms with Crippen molar-refractivity contribution in [2.75, 3.05) is 0 Å². The van der Waals surface area contributed by atoms with Crippen LogP contribution >= 0.6 is 24.0 Å². The van der Waals surface area contributed by atoms with E-state index in [-0.39, 0.29) is 30.6 Å². The molecule has 2 amide bonds. The summed E-state index contributed by atoms with van der Waals surface area (Å²) in [4.78, 5) is 45.9. The van der Waals surface area contributed by atoms with Crippen LogP contribution in [0.15, 0.2) is 115 Å². The van der Waals surface area contributed by atoms with Gasteiger partial charge in [-0.1, -0.05) is 97.6 Å². The fourth-order valence-corrected chi connectivity index (χ4v) is 9.34. The molecule has 1 unspecified atom stereocenters. The minimum absolute atomic E-state index is 0.0655. The van der Waals surface area contributed by atoms with Gasteiger partial charge in [-0.15, -0.1) is 10.2 Å². The van der Waals surface area contributed by atoms with Gasteiger partial charge in [0.15, 0.2) is 0 Å². The fraction of sp³-hybridized carbons (Fsp3) is 0.220. The molecule has 9 rings (SSSR count). The topological polar surface area (TPSA) is 192 Å². The third-order valence-electron chi connectivity index (χ3n) is 11.5. The molecule has 1 aliphatic heterocycles. The maximum Gasteiger partial charge on any atom is 0.303 e. The molecule has 1 saturated heterocycles. The summed E-state index contributed by atoms with van der Waals surface area (Å²) in [6.45, 7) is 2.79. The summed E-state index contributed by atoms with van der Waals surface area (Å²) < 4.78 is 16.5. The minimum atomic E-state index is -0.895. The lowest BCUT2D eigenvalue weighted by Crippen LogP contribution is -2.25. The zero-order valence-corrected chi connectivity index (χ0v) is 38.3. The monoisotopic (exact) mass is 931 g/mol. The molecule has 1 aliphatic rings. The Kier molecular flexibility index (Phi) is 13.3. The fourth-order valence-electron chi connectivity index (χ4n) is 8.15. The summed E-state index contributed by atoms with van der Waals surface area (Å²) in [5.74, 6) is 2.87. The molecule has 338 valence electrons. The predicted molar refractivity (Wildman–Crippen MR) is 258 cm³/mol. The van der Waals surface area contributed by atoms with Gasteiger partial charge in [0.25, 0.3) is 5.24 Å². The van der Waals surface area contributed by atoms with Crippen molar-refractivity contribution >= 4 is 57.0 Å². The Labute approximate surface area is 395 Å². The molecule has 4 heterocycles. The molecule has 1 fully saturated rings. The summed E-state index contributed by atoms with van der Waals surface area (Å²) in [5, 5.41) is 26.4. The lowest BCUT2D eigenvalue weighted by Gasteiger charge is -2.15.